The Balaban J connectivity index is 2.08. The van der Waals surface area contributed by atoms with E-state index >= 15 is 0 Å². The van der Waals surface area contributed by atoms with Gasteiger partial charge in [-0.25, -0.2) is 0 Å². The molecule has 0 unspecified atom stereocenters. The van der Waals surface area contributed by atoms with Crippen molar-refractivity contribution in [2.75, 3.05) is 13.2 Å². The maximum atomic E-state index is 12.5. The number of aliphatic hydroxyl groups is 1. The average Bonchev–Trinajstić information content (AvgIpc) is 2.49. The van der Waals surface area contributed by atoms with Gasteiger partial charge in [0.1, 0.15) is 5.75 Å². The van der Waals surface area contributed by atoms with Crippen molar-refractivity contribution in [1.29, 1.82) is 0 Å². The lowest BCUT2D eigenvalue weighted by Gasteiger charge is -2.34. The monoisotopic (exact) mass is 299 g/mol. The molecule has 118 valence electrons. The zero-order valence-corrected chi connectivity index (χ0v) is 12.2. The number of rotatable bonds is 7. The van der Waals surface area contributed by atoms with Crippen LogP contribution in [-0.2, 0) is 6.54 Å². The molecule has 0 heterocycles. The van der Waals surface area contributed by atoms with Gasteiger partial charge in [0.05, 0.1) is 6.61 Å². The van der Waals surface area contributed by atoms with Crippen molar-refractivity contribution < 1.29 is 18.6 Å². The van der Waals surface area contributed by atoms with E-state index in [-0.39, 0.29) is 12.4 Å². The van der Waals surface area contributed by atoms with Gasteiger partial charge in [0.25, 0.3) is 0 Å². The molecule has 1 aliphatic carbocycles. The second kappa shape index (κ2) is 8.29. The highest BCUT2D eigenvalue weighted by atomic mass is 19.3. The number of aliphatic hydroxyl groups excluding tert-OH is 1. The van der Waals surface area contributed by atoms with Gasteiger partial charge in [0.15, 0.2) is 0 Å². The Kier molecular flexibility index (Phi) is 6.39. The van der Waals surface area contributed by atoms with E-state index in [1.54, 1.807) is 12.1 Å². The van der Waals surface area contributed by atoms with Crippen LogP contribution in [0.1, 0.15) is 37.7 Å². The zero-order chi connectivity index (χ0) is 15.1. The molecule has 1 aliphatic rings. The van der Waals surface area contributed by atoms with Gasteiger partial charge in [0.2, 0.25) is 0 Å². The van der Waals surface area contributed by atoms with Gasteiger partial charge in [0, 0.05) is 24.7 Å². The first kappa shape index (κ1) is 16.2. The van der Waals surface area contributed by atoms with Crippen LogP contribution in [0.25, 0.3) is 0 Å². The van der Waals surface area contributed by atoms with Crippen molar-refractivity contribution in [2.24, 2.45) is 0 Å². The van der Waals surface area contributed by atoms with Crippen LogP contribution in [0.2, 0.25) is 0 Å². The lowest BCUT2D eigenvalue weighted by atomic mass is 9.94. The molecule has 0 aromatic heterocycles. The number of ether oxygens (including phenoxy) is 1. The normalized spacial score (nSPS) is 16.6. The molecule has 1 aromatic carbocycles. The maximum absolute atomic E-state index is 12.5. The molecule has 0 atom stereocenters. The third-order valence-electron chi connectivity index (χ3n) is 4.04. The van der Waals surface area contributed by atoms with Gasteiger partial charge in [-0.1, -0.05) is 37.5 Å². The van der Waals surface area contributed by atoms with Crippen molar-refractivity contribution in [3.8, 4) is 5.75 Å². The van der Waals surface area contributed by atoms with E-state index in [9.17, 15) is 13.9 Å². The van der Waals surface area contributed by atoms with E-state index in [0.717, 1.165) is 18.4 Å². The summed E-state index contributed by atoms with van der Waals surface area (Å²) < 4.78 is 29.5. The molecule has 0 bridgehead atoms. The van der Waals surface area contributed by atoms with Gasteiger partial charge < -0.3 is 9.84 Å². The van der Waals surface area contributed by atoms with Crippen LogP contribution in [0, 0.1) is 0 Å². The summed E-state index contributed by atoms with van der Waals surface area (Å²) in [4.78, 5) is 2.19. The number of para-hydroxylation sites is 1. The van der Waals surface area contributed by atoms with Crippen molar-refractivity contribution in [3.05, 3.63) is 29.8 Å². The molecular weight excluding hydrogens is 276 g/mol. The standard InChI is InChI=1S/C16H23F2NO2/c17-16(18)21-15-9-5-4-6-13(15)12-19(10-11-20)14-7-2-1-3-8-14/h4-6,9,14,16,20H,1-3,7-8,10-12H2. The molecule has 1 N–H and O–H groups in total. The fraction of sp³-hybridized carbons (Fsp3) is 0.625. The predicted octanol–water partition coefficient (Wildman–Crippen LogP) is 3.42. The van der Waals surface area contributed by atoms with E-state index < -0.39 is 6.61 Å². The molecule has 0 spiro atoms. The molecule has 0 saturated heterocycles. The number of hydrogen-bond acceptors (Lipinski definition) is 3. The molecule has 5 heteroatoms. The smallest absolute Gasteiger partial charge is 0.387 e. The Labute approximate surface area is 124 Å². The molecule has 3 nitrogen and oxygen atoms in total. The Morgan fingerprint density at radius 3 is 2.57 bits per heavy atom. The van der Waals surface area contributed by atoms with E-state index in [2.05, 4.69) is 9.64 Å². The van der Waals surface area contributed by atoms with Crippen LogP contribution in [0.4, 0.5) is 8.78 Å². The van der Waals surface area contributed by atoms with Gasteiger partial charge in [-0.15, -0.1) is 0 Å². The van der Waals surface area contributed by atoms with E-state index in [1.165, 1.54) is 19.3 Å². The van der Waals surface area contributed by atoms with E-state index in [1.807, 2.05) is 12.1 Å². The molecule has 0 aliphatic heterocycles. The minimum Gasteiger partial charge on any atom is -0.434 e. The molecule has 1 saturated carbocycles. The summed E-state index contributed by atoms with van der Waals surface area (Å²) in [6, 6.07) is 7.32. The molecule has 1 aromatic rings. The summed E-state index contributed by atoms with van der Waals surface area (Å²) >= 11 is 0. The minimum absolute atomic E-state index is 0.0777. The highest BCUT2D eigenvalue weighted by molar-refractivity contribution is 5.33. The van der Waals surface area contributed by atoms with Crippen molar-refractivity contribution in [3.63, 3.8) is 0 Å². The average molecular weight is 299 g/mol. The molecular formula is C16H23F2NO2. The molecule has 0 radical (unpaired) electrons. The van der Waals surface area contributed by atoms with Crippen LogP contribution < -0.4 is 4.74 Å². The van der Waals surface area contributed by atoms with Gasteiger partial charge >= 0.3 is 6.61 Å². The number of nitrogens with zero attached hydrogens (tertiary/aromatic N) is 1. The van der Waals surface area contributed by atoms with Crippen LogP contribution in [-0.4, -0.2) is 35.8 Å². The first-order chi connectivity index (χ1) is 10.2. The first-order valence-electron chi connectivity index (χ1n) is 7.58. The van der Waals surface area contributed by atoms with E-state index in [4.69, 9.17) is 0 Å². The highest BCUT2D eigenvalue weighted by Crippen LogP contribution is 2.27. The van der Waals surface area contributed by atoms with E-state index in [0.29, 0.717) is 19.1 Å². The maximum Gasteiger partial charge on any atom is 0.387 e. The van der Waals surface area contributed by atoms with Gasteiger partial charge in [-0.05, 0) is 18.9 Å². The topological polar surface area (TPSA) is 32.7 Å². The molecule has 0 amide bonds. The Hall–Kier alpha value is -1.20. The number of benzene rings is 1. The van der Waals surface area contributed by atoms with Gasteiger partial charge in [-0.3, -0.25) is 4.90 Å². The van der Waals surface area contributed by atoms with Crippen LogP contribution in [0.5, 0.6) is 5.75 Å². The van der Waals surface area contributed by atoms with Crippen LogP contribution >= 0.6 is 0 Å². The van der Waals surface area contributed by atoms with Crippen LogP contribution in [0.15, 0.2) is 24.3 Å². The second-order valence-electron chi connectivity index (χ2n) is 5.47. The number of halogens is 2. The molecule has 21 heavy (non-hydrogen) atoms. The summed E-state index contributed by atoms with van der Waals surface area (Å²) in [5.74, 6) is 0.228. The molecule has 1 fully saturated rings. The molecule has 2 rings (SSSR count). The summed E-state index contributed by atoms with van der Waals surface area (Å²) in [6.07, 6.45) is 5.87. The minimum atomic E-state index is -2.81. The summed E-state index contributed by atoms with van der Waals surface area (Å²) in [5, 5.41) is 9.27. The fourth-order valence-electron chi connectivity index (χ4n) is 3.03. The Morgan fingerprint density at radius 1 is 1.19 bits per heavy atom. The lowest BCUT2D eigenvalue weighted by molar-refractivity contribution is -0.0509. The number of hydrogen-bond donors (Lipinski definition) is 1. The largest absolute Gasteiger partial charge is 0.434 e. The van der Waals surface area contributed by atoms with Crippen molar-refractivity contribution in [1.82, 2.24) is 4.90 Å². The SMILES string of the molecule is OCCN(Cc1ccccc1OC(F)F)C1CCCCC1. The van der Waals surface area contributed by atoms with Crippen LogP contribution in [0.3, 0.4) is 0 Å². The second-order valence-corrected chi connectivity index (χ2v) is 5.47. The predicted molar refractivity (Wildman–Crippen MR) is 77.4 cm³/mol. The Morgan fingerprint density at radius 2 is 1.90 bits per heavy atom. The lowest BCUT2D eigenvalue weighted by Crippen LogP contribution is -2.38. The summed E-state index contributed by atoms with van der Waals surface area (Å²) in [7, 11) is 0. The summed E-state index contributed by atoms with van der Waals surface area (Å²) in [6.45, 7) is -1.64. The summed E-state index contributed by atoms with van der Waals surface area (Å²) in [5.41, 5.74) is 0.747. The number of alkyl halides is 2. The van der Waals surface area contributed by atoms with Crippen molar-refractivity contribution >= 4 is 0 Å². The first-order valence-corrected chi connectivity index (χ1v) is 7.58. The zero-order valence-electron chi connectivity index (χ0n) is 12.2. The highest BCUT2D eigenvalue weighted by Gasteiger charge is 2.22. The third kappa shape index (κ3) is 4.93. The Bertz CT molecular complexity index is 422. The third-order valence-corrected chi connectivity index (χ3v) is 4.04. The van der Waals surface area contributed by atoms with Gasteiger partial charge in [-0.2, -0.15) is 8.78 Å². The quantitative estimate of drug-likeness (QED) is 0.837. The fourth-order valence-corrected chi connectivity index (χ4v) is 3.03. The van der Waals surface area contributed by atoms with Crippen molar-refractivity contribution in [2.45, 2.75) is 51.3 Å².